The maximum atomic E-state index is 12.6. The van der Waals surface area contributed by atoms with Gasteiger partial charge in [0.1, 0.15) is 0 Å². The SMILES string of the molecule is Cc1ccc2nc(N3CCN(CCNC(=O)c4ccc(NS(=O)(=O)c5ccccc5)cc4)CC3)sc2c1. The van der Waals surface area contributed by atoms with Crippen molar-refractivity contribution in [2.24, 2.45) is 0 Å². The largest absolute Gasteiger partial charge is 0.351 e. The second kappa shape index (κ2) is 10.9. The monoisotopic (exact) mass is 535 g/mol. The summed E-state index contributed by atoms with van der Waals surface area (Å²) in [5.41, 5.74) is 3.19. The summed E-state index contributed by atoms with van der Waals surface area (Å²) in [7, 11) is -3.67. The molecule has 10 heteroatoms. The minimum absolute atomic E-state index is 0.180. The molecule has 1 fully saturated rings. The van der Waals surface area contributed by atoms with E-state index in [0.29, 0.717) is 17.8 Å². The average Bonchev–Trinajstić information content (AvgIpc) is 3.33. The number of aryl methyl sites for hydroxylation is 1. The average molecular weight is 536 g/mol. The van der Waals surface area contributed by atoms with Gasteiger partial charge in [-0.1, -0.05) is 35.6 Å². The number of amides is 1. The number of nitrogens with zero attached hydrogens (tertiary/aromatic N) is 3. The molecule has 1 amide bonds. The van der Waals surface area contributed by atoms with E-state index in [1.807, 2.05) is 0 Å². The van der Waals surface area contributed by atoms with Crippen molar-refractivity contribution in [3.05, 3.63) is 83.9 Å². The first kappa shape index (κ1) is 25.2. The number of carbonyl (C=O) groups is 1. The van der Waals surface area contributed by atoms with Crippen molar-refractivity contribution in [1.82, 2.24) is 15.2 Å². The van der Waals surface area contributed by atoms with Crippen LogP contribution in [0.5, 0.6) is 0 Å². The van der Waals surface area contributed by atoms with Gasteiger partial charge in [-0.2, -0.15) is 0 Å². The summed E-state index contributed by atoms with van der Waals surface area (Å²) in [4.78, 5) is 22.2. The van der Waals surface area contributed by atoms with Crippen molar-refractivity contribution in [2.45, 2.75) is 11.8 Å². The standard InChI is InChI=1S/C27H29N5O3S2/c1-20-7-12-24-25(19-20)36-27(29-24)32-17-15-31(16-18-32)14-13-28-26(33)21-8-10-22(11-9-21)30-37(34,35)23-5-3-2-4-6-23/h2-12,19,30H,13-18H2,1H3,(H,28,33). The van der Waals surface area contributed by atoms with Crippen molar-refractivity contribution in [3.63, 3.8) is 0 Å². The van der Waals surface area contributed by atoms with Crippen LogP contribution in [0.3, 0.4) is 0 Å². The molecule has 0 spiro atoms. The van der Waals surface area contributed by atoms with E-state index in [9.17, 15) is 13.2 Å². The lowest BCUT2D eigenvalue weighted by Gasteiger charge is -2.34. The van der Waals surface area contributed by atoms with Crippen LogP contribution >= 0.6 is 11.3 Å². The van der Waals surface area contributed by atoms with Gasteiger partial charge in [0.05, 0.1) is 15.1 Å². The van der Waals surface area contributed by atoms with Crippen LogP contribution in [0.25, 0.3) is 10.2 Å². The van der Waals surface area contributed by atoms with Crippen LogP contribution in [0.1, 0.15) is 15.9 Å². The molecule has 0 radical (unpaired) electrons. The van der Waals surface area contributed by atoms with E-state index in [0.717, 1.165) is 43.4 Å². The van der Waals surface area contributed by atoms with Gasteiger partial charge in [-0.25, -0.2) is 13.4 Å². The molecular weight excluding hydrogens is 506 g/mol. The van der Waals surface area contributed by atoms with E-state index >= 15 is 0 Å². The maximum absolute atomic E-state index is 12.6. The highest BCUT2D eigenvalue weighted by molar-refractivity contribution is 7.92. The summed E-state index contributed by atoms with van der Waals surface area (Å²) < 4.78 is 28.7. The Hall–Kier alpha value is -3.47. The quantitative estimate of drug-likeness (QED) is 0.355. The third-order valence-electron chi connectivity index (χ3n) is 6.34. The molecule has 8 nitrogen and oxygen atoms in total. The van der Waals surface area contributed by atoms with Crippen molar-refractivity contribution >= 4 is 48.3 Å². The molecule has 2 heterocycles. The molecule has 192 valence electrons. The zero-order valence-electron chi connectivity index (χ0n) is 20.6. The minimum Gasteiger partial charge on any atom is -0.351 e. The molecule has 37 heavy (non-hydrogen) atoms. The van der Waals surface area contributed by atoms with Gasteiger partial charge in [-0.05, 0) is 61.0 Å². The molecule has 0 unspecified atom stereocenters. The van der Waals surface area contributed by atoms with Crippen molar-refractivity contribution in [1.29, 1.82) is 0 Å². The Morgan fingerprint density at radius 1 is 0.973 bits per heavy atom. The van der Waals surface area contributed by atoms with Crippen LogP contribution < -0.4 is 14.9 Å². The fourth-order valence-electron chi connectivity index (χ4n) is 4.25. The summed E-state index contributed by atoms with van der Waals surface area (Å²) in [6.07, 6.45) is 0. The number of nitrogens with one attached hydrogen (secondary N) is 2. The van der Waals surface area contributed by atoms with Gasteiger partial charge < -0.3 is 10.2 Å². The number of hydrogen-bond donors (Lipinski definition) is 2. The van der Waals surface area contributed by atoms with E-state index < -0.39 is 10.0 Å². The van der Waals surface area contributed by atoms with Crippen LogP contribution in [0.15, 0.2) is 77.7 Å². The summed E-state index contributed by atoms with van der Waals surface area (Å²) in [5.74, 6) is -0.180. The third-order valence-corrected chi connectivity index (χ3v) is 8.82. The van der Waals surface area contributed by atoms with Crippen LogP contribution in [-0.4, -0.2) is 63.5 Å². The van der Waals surface area contributed by atoms with E-state index in [-0.39, 0.29) is 10.8 Å². The molecule has 0 atom stereocenters. The molecule has 0 saturated carbocycles. The number of rotatable bonds is 8. The van der Waals surface area contributed by atoms with Crippen molar-refractivity contribution < 1.29 is 13.2 Å². The smallest absolute Gasteiger partial charge is 0.261 e. The Kier molecular flexibility index (Phi) is 7.40. The Morgan fingerprint density at radius 2 is 1.70 bits per heavy atom. The number of sulfonamides is 1. The topological polar surface area (TPSA) is 94.6 Å². The fourth-order valence-corrected chi connectivity index (χ4v) is 6.45. The maximum Gasteiger partial charge on any atom is 0.261 e. The van der Waals surface area contributed by atoms with Crippen LogP contribution in [0, 0.1) is 6.92 Å². The summed E-state index contributed by atoms with van der Waals surface area (Å²) >= 11 is 1.74. The lowest BCUT2D eigenvalue weighted by Crippen LogP contribution is -2.48. The second-order valence-electron chi connectivity index (χ2n) is 9.05. The van der Waals surface area contributed by atoms with Crippen molar-refractivity contribution in [2.75, 3.05) is 48.9 Å². The van der Waals surface area contributed by atoms with Gasteiger partial charge in [0.2, 0.25) is 0 Å². The van der Waals surface area contributed by atoms with E-state index in [2.05, 4.69) is 45.0 Å². The van der Waals surface area contributed by atoms with Crippen LogP contribution in [0.4, 0.5) is 10.8 Å². The van der Waals surface area contributed by atoms with Gasteiger partial charge in [-0.3, -0.25) is 14.4 Å². The highest BCUT2D eigenvalue weighted by Crippen LogP contribution is 2.30. The Balaban J connectivity index is 1.07. The highest BCUT2D eigenvalue weighted by Gasteiger charge is 2.20. The molecule has 5 rings (SSSR count). The number of fused-ring (bicyclic) bond motifs is 1. The summed E-state index contributed by atoms with van der Waals surface area (Å²) in [5, 5.41) is 4.03. The summed E-state index contributed by atoms with van der Waals surface area (Å²) in [6.45, 7) is 7.07. The van der Waals surface area contributed by atoms with E-state index in [4.69, 9.17) is 4.98 Å². The van der Waals surface area contributed by atoms with Gasteiger partial charge in [0.15, 0.2) is 5.13 Å². The molecule has 2 N–H and O–H groups in total. The number of hydrogen-bond acceptors (Lipinski definition) is 7. The minimum atomic E-state index is -3.67. The molecule has 0 aliphatic carbocycles. The van der Waals surface area contributed by atoms with Crippen LogP contribution in [-0.2, 0) is 10.0 Å². The Bertz CT molecular complexity index is 1480. The van der Waals surface area contributed by atoms with Gasteiger partial charge in [0, 0.05) is 50.5 Å². The molecule has 4 aromatic rings. The summed E-state index contributed by atoms with van der Waals surface area (Å²) in [6, 6.07) is 21.0. The molecule has 3 aromatic carbocycles. The zero-order valence-corrected chi connectivity index (χ0v) is 22.2. The first-order valence-electron chi connectivity index (χ1n) is 12.2. The molecule has 0 bridgehead atoms. The molecule has 1 aromatic heterocycles. The first-order valence-corrected chi connectivity index (χ1v) is 14.5. The Morgan fingerprint density at radius 3 is 2.43 bits per heavy atom. The molecule has 1 saturated heterocycles. The number of piperazine rings is 1. The predicted octanol–water partition coefficient (Wildman–Crippen LogP) is 3.96. The molecular formula is C27H29N5O3S2. The first-order chi connectivity index (χ1) is 17.9. The zero-order chi connectivity index (χ0) is 25.8. The second-order valence-corrected chi connectivity index (χ2v) is 11.7. The van der Waals surface area contributed by atoms with Gasteiger partial charge >= 0.3 is 0 Å². The Labute approximate surface area is 221 Å². The normalized spacial score (nSPS) is 14.6. The number of thiazole rings is 1. The molecule has 1 aliphatic rings. The van der Waals surface area contributed by atoms with Crippen LogP contribution in [0.2, 0.25) is 0 Å². The number of anilines is 2. The third kappa shape index (κ3) is 6.10. The lowest BCUT2D eigenvalue weighted by atomic mass is 10.2. The van der Waals surface area contributed by atoms with E-state index in [1.165, 1.54) is 22.4 Å². The van der Waals surface area contributed by atoms with Crippen molar-refractivity contribution in [3.8, 4) is 0 Å². The number of aromatic nitrogens is 1. The van der Waals surface area contributed by atoms with E-state index in [1.54, 1.807) is 53.8 Å². The van der Waals surface area contributed by atoms with Gasteiger partial charge in [-0.15, -0.1) is 0 Å². The predicted molar refractivity (Wildman–Crippen MR) is 149 cm³/mol. The highest BCUT2D eigenvalue weighted by atomic mass is 32.2. The number of benzene rings is 3. The van der Waals surface area contributed by atoms with Gasteiger partial charge in [0.25, 0.3) is 15.9 Å². The molecule has 1 aliphatic heterocycles. The lowest BCUT2D eigenvalue weighted by molar-refractivity contribution is 0.0948. The fraction of sp³-hybridized carbons (Fsp3) is 0.259. The number of carbonyl (C=O) groups excluding carboxylic acids is 1.